The van der Waals surface area contributed by atoms with Crippen molar-refractivity contribution in [1.82, 2.24) is 14.9 Å². The van der Waals surface area contributed by atoms with Gasteiger partial charge in [-0.1, -0.05) is 6.42 Å². The monoisotopic (exact) mass is 489 g/mol. The standard InChI is InChI=1S/C15H31N5O3S.HI/c1-24(21,22)19-14-5-2-4-13(14)12-18-15(16)17-6-3-7-20-8-10-23-11-9-20;/h13-14,19H,2-12H2,1H3,(H3,16,17,18);1H. The third kappa shape index (κ3) is 9.36. The van der Waals surface area contributed by atoms with Gasteiger partial charge in [0.05, 0.1) is 19.5 Å². The number of nitrogens with zero attached hydrogens (tertiary/aromatic N) is 2. The first-order valence-electron chi connectivity index (χ1n) is 8.75. The van der Waals surface area contributed by atoms with Crippen molar-refractivity contribution in [2.75, 3.05) is 52.2 Å². The highest BCUT2D eigenvalue weighted by atomic mass is 127. The van der Waals surface area contributed by atoms with E-state index in [0.29, 0.717) is 12.5 Å². The first kappa shape index (κ1) is 22.9. The SMILES string of the molecule is CS(=O)(=O)NC1CCCC1CN=C(N)NCCCN1CCOCC1.I. The van der Waals surface area contributed by atoms with Crippen LogP contribution in [-0.4, -0.2) is 77.5 Å². The van der Waals surface area contributed by atoms with Crippen molar-refractivity contribution in [2.24, 2.45) is 16.6 Å². The Kier molecular flexibility index (Phi) is 10.5. The van der Waals surface area contributed by atoms with E-state index in [4.69, 9.17) is 10.5 Å². The lowest BCUT2D eigenvalue weighted by molar-refractivity contribution is 0.0376. The summed E-state index contributed by atoms with van der Waals surface area (Å²) in [6.45, 7) is 6.03. The van der Waals surface area contributed by atoms with Crippen LogP contribution in [0.1, 0.15) is 25.7 Å². The van der Waals surface area contributed by atoms with Crippen molar-refractivity contribution >= 4 is 40.0 Å². The van der Waals surface area contributed by atoms with Gasteiger partial charge in [-0.05, 0) is 31.7 Å². The van der Waals surface area contributed by atoms with Crippen LogP contribution in [0, 0.1) is 5.92 Å². The molecule has 1 saturated heterocycles. The van der Waals surface area contributed by atoms with Crippen LogP contribution < -0.4 is 15.8 Å². The average molecular weight is 489 g/mol. The number of ether oxygens (including phenoxy) is 1. The van der Waals surface area contributed by atoms with E-state index in [2.05, 4.69) is 19.9 Å². The molecule has 2 rings (SSSR count). The molecule has 0 aromatic carbocycles. The third-order valence-electron chi connectivity index (χ3n) is 4.58. The summed E-state index contributed by atoms with van der Waals surface area (Å²) in [5, 5.41) is 3.14. The summed E-state index contributed by atoms with van der Waals surface area (Å²) in [6, 6.07) is -0.0159. The molecule has 0 radical (unpaired) electrons. The molecule has 2 fully saturated rings. The minimum atomic E-state index is -3.17. The Labute approximate surface area is 168 Å². The van der Waals surface area contributed by atoms with Crippen LogP contribution in [0.25, 0.3) is 0 Å². The number of nitrogens with one attached hydrogen (secondary N) is 2. The molecule has 10 heteroatoms. The zero-order valence-corrected chi connectivity index (χ0v) is 18.1. The molecule has 0 spiro atoms. The van der Waals surface area contributed by atoms with Gasteiger partial charge in [0.1, 0.15) is 0 Å². The molecule has 1 aliphatic carbocycles. The Morgan fingerprint density at radius 1 is 1.32 bits per heavy atom. The van der Waals surface area contributed by atoms with E-state index in [1.165, 1.54) is 6.26 Å². The zero-order chi connectivity index (χ0) is 17.4. The van der Waals surface area contributed by atoms with Gasteiger partial charge in [0.25, 0.3) is 0 Å². The first-order chi connectivity index (χ1) is 11.4. The van der Waals surface area contributed by atoms with Gasteiger partial charge < -0.3 is 15.8 Å². The Balaban J connectivity index is 0.00000312. The number of aliphatic imine (C=N–C) groups is 1. The smallest absolute Gasteiger partial charge is 0.208 e. The number of guanidine groups is 1. The van der Waals surface area contributed by atoms with Crippen LogP contribution in [-0.2, 0) is 14.8 Å². The van der Waals surface area contributed by atoms with Crippen LogP contribution >= 0.6 is 24.0 Å². The third-order valence-corrected chi connectivity index (χ3v) is 5.31. The second kappa shape index (κ2) is 11.5. The number of morpholine rings is 1. The van der Waals surface area contributed by atoms with Gasteiger partial charge in [0.2, 0.25) is 10.0 Å². The molecular weight excluding hydrogens is 457 g/mol. The van der Waals surface area contributed by atoms with Gasteiger partial charge in [-0.15, -0.1) is 24.0 Å². The summed E-state index contributed by atoms with van der Waals surface area (Å²) in [5.41, 5.74) is 5.91. The molecule has 0 aromatic rings. The normalized spacial score (nSPS) is 25.6. The van der Waals surface area contributed by atoms with E-state index in [0.717, 1.165) is 65.1 Å². The van der Waals surface area contributed by atoms with Crippen LogP contribution in [0.3, 0.4) is 0 Å². The molecule has 2 aliphatic rings. The lowest BCUT2D eigenvalue weighted by Gasteiger charge is -2.26. The summed E-state index contributed by atoms with van der Waals surface area (Å²) < 4.78 is 30.8. The maximum Gasteiger partial charge on any atom is 0.208 e. The molecule has 2 atom stereocenters. The lowest BCUT2D eigenvalue weighted by atomic mass is 10.1. The van der Waals surface area contributed by atoms with E-state index in [1.54, 1.807) is 0 Å². The zero-order valence-electron chi connectivity index (χ0n) is 14.9. The number of hydrogen-bond donors (Lipinski definition) is 3. The average Bonchev–Trinajstić information content (AvgIpc) is 2.96. The summed E-state index contributed by atoms with van der Waals surface area (Å²) in [4.78, 5) is 6.77. The molecule has 25 heavy (non-hydrogen) atoms. The van der Waals surface area contributed by atoms with Crippen molar-refractivity contribution in [3.8, 4) is 0 Å². The van der Waals surface area contributed by atoms with Crippen LogP contribution in [0.4, 0.5) is 0 Å². The molecule has 4 N–H and O–H groups in total. The maximum atomic E-state index is 11.4. The number of sulfonamides is 1. The van der Waals surface area contributed by atoms with Crippen molar-refractivity contribution in [2.45, 2.75) is 31.7 Å². The molecule has 0 aromatic heterocycles. The van der Waals surface area contributed by atoms with Gasteiger partial charge in [-0.25, -0.2) is 13.1 Å². The number of rotatable bonds is 8. The van der Waals surface area contributed by atoms with Gasteiger partial charge in [0.15, 0.2) is 5.96 Å². The number of hydrogen-bond acceptors (Lipinski definition) is 5. The van der Waals surface area contributed by atoms with Crippen molar-refractivity contribution in [3.63, 3.8) is 0 Å². The second-order valence-electron chi connectivity index (χ2n) is 6.65. The molecule has 1 heterocycles. The Morgan fingerprint density at radius 2 is 2.04 bits per heavy atom. The van der Waals surface area contributed by atoms with Gasteiger partial charge in [-0.2, -0.15) is 0 Å². The second-order valence-corrected chi connectivity index (χ2v) is 8.43. The van der Waals surface area contributed by atoms with Crippen LogP contribution in [0.2, 0.25) is 0 Å². The molecule has 0 amide bonds. The minimum absolute atomic E-state index is 0. The fraction of sp³-hybridized carbons (Fsp3) is 0.933. The molecule has 148 valence electrons. The first-order valence-corrected chi connectivity index (χ1v) is 10.6. The highest BCUT2D eigenvalue weighted by Gasteiger charge is 2.29. The fourth-order valence-electron chi connectivity index (χ4n) is 3.30. The van der Waals surface area contributed by atoms with Crippen molar-refractivity contribution in [3.05, 3.63) is 0 Å². The van der Waals surface area contributed by atoms with E-state index >= 15 is 0 Å². The predicted molar refractivity (Wildman–Crippen MR) is 111 cm³/mol. The Hall–Kier alpha value is -0.170. The van der Waals surface area contributed by atoms with Gasteiger partial charge in [-0.3, -0.25) is 9.89 Å². The van der Waals surface area contributed by atoms with Crippen LogP contribution in [0.15, 0.2) is 4.99 Å². The molecule has 8 nitrogen and oxygen atoms in total. The fourth-order valence-corrected chi connectivity index (χ4v) is 4.16. The van der Waals surface area contributed by atoms with Gasteiger partial charge >= 0.3 is 0 Å². The molecule has 1 aliphatic heterocycles. The highest BCUT2D eigenvalue weighted by Crippen LogP contribution is 2.26. The van der Waals surface area contributed by atoms with Gasteiger partial charge in [0, 0.05) is 32.2 Å². The van der Waals surface area contributed by atoms with E-state index in [-0.39, 0.29) is 35.9 Å². The Morgan fingerprint density at radius 3 is 2.72 bits per heavy atom. The Bertz CT molecular complexity index is 511. The molecule has 0 bridgehead atoms. The largest absolute Gasteiger partial charge is 0.379 e. The predicted octanol–water partition coefficient (Wildman–Crippen LogP) is -0.0511. The van der Waals surface area contributed by atoms with Crippen molar-refractivity contribution in [1.29, 1.82) is 0 Å². The summed E-state index contributed by atoms with van der Waals surface area (Å²) >= 11 is 0. The summed E-state index contributed by atoms with van der Waals surface area (Å²) in [7, 11) is -3.17. The molecule has 1 saturated carbocycles. The lowest BCUT2D eigenvalue weighted by Crippen LogP contribution is -2.40. The molecular formula is C15H32IN5O3S. The highest BCUT2D eigenvalue weighted by molar-refractivity contribution is 14.0. The number of halogens is 1. The maximum absolute atomic E-state index is 11.4. The molecule has 2 unspecified atom stereocenters. The quantitative estimate of drug-likeness (QED) is 0.191. The number of nitrogens with two attached hydrogens (primary N) is 1. The van der Waals surface area contributed by atoms with Crippen molar-refractivity contribution < 1.29 is 13.2 Å². The van der Waals surface area contributed by atoms with E-state index in [1.807, 2.05) is 0 Å². The van der Waals surface area contributed by atoms with E-state index < -0.39 is 10.0 Å². The summed E-state index contributed by atoms with van der Waals surface area (Å²) in [5.74, 6) is 0.676. The van der Waals surface area contributed by atoms with E-state index in [9.17, 15) is 8.42 Å². The topological polar surface area (TPSA) is 109 Å². The minimum Gasteiger partial charge on any atom is -0.379 e. The van der Waals surface area contributed by atoms with Crippen LogP contribution in [0.5, 0.6) is 0 Å². The summed E-state index contributed by atoms with van der Waals surface area (Å²) in [6.07, 6.45) is 5.11.